The van der Waals surface area contributed by atoms with E-state index in [9.17, 15) is 4.79 Å². The van der Waals surface area contributed by atoms with Gasteiger partial charge < -0.3 is 5.32 Å². The Morgan fingerprint density at radius 2 is 1.84 bits per heavy atom. The number of amides is 1. The van der Waals surface area contributed by atoms with Crippen LogP contribution in [0.25, 0.3) is 0 Å². The van der Waals surface area contributed by atoms with Crippen molar-refractivity contribution in [2.75, 3.05) is 0 Å². The van der Waals surface area contributed by atoms with Crippen molar-refractivity contribution in [3.05, 3.63) is 57.3 Å². The molecule has 0 fully saturated rings. The van der Waals surface area contributed by atoms with Crippen LogP contribution in [0.5, 0.6) is 0 Å². The first kappa shape index (κ1) is 14.3. The minimum Gasteiger partial charge on any atom is -0.347 e. The molecule has 0 spiro atoms. The normalized spacial score (nSPS) is 10.4. The summed E-state index contributed by atoms with van der Waals surface area (Å²) in [5.74, 6) is -0.0208. The lowest BCUT2D eigenvalue weighted by atomic mass is 10.1. The minimum absolute atomic E-state index is 0.0208. The molecule has 1 N–H and O–H groups in total. The quantitative estimate of drug-likeness (QED) is 0.816. The molecular weight excluding hydrogens is 322 g/mol. The van der Waals surface area contributed by atoms with Crippen LogP contribution in [-0.2, 0) is 18.3 Å². The van der Waals surface area contributed by atoms with Crippen molar-refractivity contribution in [1.82, 2.24) is 5.32 Å². The van der Waals surface area contributed by atoms with Gasteiger partial charge >= 0.3 is 0 Å². The first-order chi connectivity index (χ1) is 9.22. The molecule has 1 heterocycles. The van der Waals surface area contributed by atoms with E-state index in [1.165, 1.54) is 15.3 Å². The minimum atomic E-state index is -0.0208. The SMILES string of the molecule is CCc1ccc(CNC(=O)c2ccc(CBr)cc2)s1. The molecule has 2 nitrogen and oxygen atoms in total. The van der Waals surface area contributed by atoms with Gasteiger partial charge in [0.1, 0.15) is 0 Å². The maximum atomic E-state index is 12.0. The first-order valence-electron chi connectivity index (χ1n) is 6.23. The predicted molar refractivity (Wildman–Crippen MR) is 83.9 cm³/mol. The smallest absolute Gasteiger partial charge is 0.251 e. The summed E-state index contributed by atoms with van der Waals surface area (Å²) in [5, 5.41) is 3.76. The fourth-order valence-corrected chi connectivity index (χ4v) is 2.99. The Morgan fingerprint density at radius 3 is 2.42 bits per heavy atom. The van der Waals surface area contributed by atoms with Gasteiger partial charge in [-0.1, -0.05) is 35.0 Å². The molecular formula is C15H16BrNOS. The molecule has 0 unspecified atom stereocenters. The number of halogens is 1. The van der Waals surface area contributed by atoms with Crippen LogP contribution >= 0.6 is 27.3 Å². The molecule has 0 radical (unpaired) electrons. The number of rotatable bonds is 5. The van der Waals surface area contributed by atoms with Crippen molar-refractivity contribution < 1.29 is 4.79 Å². The molecule has 0 aliphatic rings. The van der Waals surface area contributed by atoms with Gasteiger partial charge in [-0.15, -0.1) is 11.3 Å². The number of nitrogens with one attached hydrogen (secondary N) is 1. The van der Waals surface area contributed by atoms with Crippen molar-refractivity contribution >= 4 is 33.2 Å². The standard InChI is InChI=1S/C15H16BrNOS/c1-2-13-7-8-14(19-13)10-17-15(18)12-5-3-11(9-16)4-6-12/h3-8H,2,9-10H2,1H3,(H,17,18). The Hall–Kier alpha value is -1.13. The molecule has 2 rings (SSSR count). The molecule has 2 aromatic rings. The molecule has 1 amide bonds. The van der Waals surface area contributed by atoms with Crippen LogP contribution in [0.2, 0.25) is 0 Å². The van der Waals surface area contributed by atoms with Crippen LogP contribution in [0, 0.1) is 0 Å². The molecule has 19 heavy (non-hydrogen) atoms. The van der Waals surface area contributed by atoms with Crippen molar-refractivity contribution in [3.63, 3.8) is 0 Å². The van der Waals surface area contributed by atoms with E-state index in [2.05, 4.69) is 40.3 Å². The van der Waals surface area contributed by atoms with Crippen LogP contribution in [0.1, 0.15) is 32.6 Å². The van der Waals surface area contributed by atoms with Crippen LogP contribution < -0.4 is 5.32 Å². The average molecular weight is 338 g/mol. The average Bonchev–Trinajstić information content (AvgIpc) is 2.93. The Bertz CT molecular complexity index is 548. The van der Waals surface area contributed by atoms with Crippen LogP contribution in [0.15, 0.2) is 36.4 Å². The maximum Gasteiger partial charge on any atom is 0.251 e. The van der Waals surface area contributed by atoms with E-state index in [-0.39, 0.29) is 5.91 Å². The summed E-state index contributed by atoms with van der Waals surface area (Å²) < 4.78 is 0. The highest BCUT2D eigenvalue weighted by Gasteiger charge is 2.06. The Labute approximate surface area is 126 Å². The third-order valence-electron chi connectivity index (χ3n) is 2.86. The zero-order valence-corrected chi connectivity index (χ0v) is 13.2. The van der Waals surface area contributed by atoms with E-state index < -0.39 is 0 Å². The van der Waals surface area contributed by atoms with Gasteiger partial charge in [0.25, 0.3) is 5.91 Å². The van der Waals surface area contributed by atoms with E-state index in [4.69, 9.17) is 0 Å². The highest BCUT2D eigenvalue weighted by atomic mass is 79.9. The topological polar surface area (TPSA) is 29.1 Å². The summed E-state index contributed by atoms with van der Waals surface area (Å²) in [5.41, 5.74) is 1.87. The summed E-state index contributed by atoms with van der Waals surface area (Å²) >= 11 is 5.15. The van der Waals surface area contributed by atoms with Crippen molar-refractivity contribution in [3.8, 4) is 0 Å². The number of hydrogen-bond acceptors (Lipinski definition) is 2. The largest absolute Gasteiger partial charge is 0.347 e. The molecule has 0 aliphatic heterocycles. The second-order valence-corrected chi connectivity index (χ2v) is 6.05. The van der Waals surface area contributed by atoms with E-state index in [1.807, 2.05) is 24.3 Å². The Kier molecular flexibility index (Phi) is 5.16. The molecule has 4 heteroatoms. The summed E-state index contributed by atoms with van der Waals surface area (Å²) in [4.78, 5) is 14.5. The lowest BCUT2D eigenvalue weighted by molar-refractivity contribution is 0.0951. The number of thiophene rings is 1. The Morgan fingerprint density at radius 1 is 1.16 bits per heavy atom. The summed E-state index contributed by atoms with van der Waals surface area (Å²) in [6, 6.07) is 11.8. The zero-order valence-electron chi connectivity index (χ0n) is 10.8. The number of benzene rings is 1. The number of alkyl halides is 1. The van der Waals surface area contributed by atoms with Crippen molar-refractivity contribution in [1.29, 1.82) is 0 Å². The van der Waals surface area contributed by atoms with Gasteiger partial charge in [-0.3, -0.25) is 4.79 Å². The predicted octanol–water partition coefficient (Wildman–Crippen LogP) is 4.14. The zero-order chi connectivity index (χ0) is 13.7. The van der Waals surface area contributed by atoms with Gasteiger partial charge in [0.2, 0.25) is 0 Å². The monoisotopic (exact) mass is 337 g/mol. The second kappa shape index (κ2) is 6.87. The van der Waals surface area contributed by atoms with Gasteiger partial charge in [0, 0.05) is 20.6 Å². The Balaban J connectivity index is 1.93. The van der Waals surface area contributed by atoms with Crippen LogP contribution in [0.3, 0.4) is 0 Å². The number of carbonyl (C=O) groups excluding carboxylic acids is 1. The first-order valence-corrected chi connectivity index (χ1v) is 8.17. The lowest BCUT2D eigenvalue weighted by Gasteiger charge is -2.04. The summed E-state index contributed by atoms with van der Waals surface area (Å²) in [6.07, 6.45) is 1.05. The third-order valence-corrected chi connectivity index (χ3v) is 4.74. The number of carbonyl (C=O) groups is 1. The molecule has 0 aliphatic carbocycles. The molecule has 100 valence electrons. The summed E-state index contributed by atoms with van der Waals surface area (Å²) in [6.45, 7) is 2.74. The fraction of sp³-hybridized carbons (Fsp3) is 0.267. The van der Waals surface area contributed by atoms with E-state index in [0.717, 1.165) is 11.8 Å². The van der Waals surface area contributed by atoms with E-state index >= 15 is 0 Å². The highest BCUT2D eigenvalue weighted by molar-refractivity contribution is 9.08. The molecule has 1 aromatic carbocycles. The molecule has 0 bridgehead atoms. The van der Waals surface area contributed by atoms with Crippen LogP contribution in [-0.4, -0.2) is 5.91 Å². The van der Waals surface area contributed by atoms with Gasteiger partial charge in [-0.05, 0) is 36.2 Å². The molecule has 0 saturated carbocycles. The summed E-state index contributed by atoms with van der Waals surface area (Å²) in [7, 11) is 0. The van der Waals surface area contributed by atoms with E-state index in [1.54, 1.807) is 11.3 Å². The van der Waals surface area contributed by atoms with Gasteiger partial charge in [-0.2, -0.15) is 0 Å². The fourth-order valence-electron chi connectivity index (χ4n) is 1.72. The van der Waals surface area contributed by atoms with Crippen LogP contribution in [0.4, 0.5) is 0 Å². The number of hydrogen-bond donors (Lipinski definition) is 1. The van der Waals surface area contributed by atoms with Crippen molar-refractivity contribution in [2.45, 2.75) is 25.2 Å². The van der Waals surface area contributed by atoms with Gasteiger partial charge in [0.05, 0.1) is 6.54 Å². The lowest BCUT2D eigenvalue weighted by Crippen LogP contribution is -2.22. The van der Waals surface area contributed by atoms with Gasteiger partial charge in [-0.25, -0.2) is 0 Å². The van der Waals surface area contributed by atoms with Gasteiger partial charge in [0.15, 0.2) is 0 Å². The maximum absolute atomic E-state index is 12.0. The molecule has 0 atom stereocenters. The second-order valence-electron chi connectivity index (χ2n) is 4.23. The van der Waals surface area contributed by atoms with E-state index in [0.29, 0.717) is 12.1 Å². The third kappa shape index (κ3) is 3.91. The number of aryl methyl sites for hydroxylation is 1. The molecule has 0 saturated heterocycles. The van der Waals surface area contributed by atoms with Crippen molar-refractivity contribution in [2.24, 2.45) is 0 Å². The molecule has 1 aromatic heterocycles. The highest BCUT2D eigenvalue weighted by Crippen LogP contribution is 2.16.